The van der Waals surface area contributed by atoms with Crippen LogP contribution >= 0.6 is 0 Å². The van der Waals surface area contributed by atoms with Crippen LogP contribution in [0.5, 0.6) is 5.75 Å². The van der Waals surface area contributed by atoms with Crippen molar-refractivity contribution in [2.75, 3.05) is 26.2 Å². The van der Waals surface area contributed by atoms with Crippen LogP contribution < -0.4 is 4.74 Å². The molecule has 20 heavy (non-hydrogen) atoms. The number of likely N-dealkylation sites (tertiary alicyclic amines) is 1. The molecular formula is C17H24N2O. The minimum Gasteiger partial charge on any atom is -0.492 e. The molecule has 1 unspecified atom stereocenters. The summed E-state index contributed by atoms with van der Waals surface area (Å²) in [5, 5.41) is 9.00. The van der Waals surface area contributed by atoms with Gasteiger partial charge in [-0.25, -0.2) is 0 Å². The zero-order valence-corrected chi connectivity index (χ0v) is 12.3. The van der Waals surface area contributed by atoms with E-state index in [-0.39, 0.29) is 0 Å². The van der Waals surface area contributed by atoms with Crippen LogP contribution in [0.2, 0.25) is 0 Å². The van der Waals surface area contributed by atoms with Crippen LogP contribution in [-0.2, 0) is 0 Å². The molecule has 3 heteroatoms. The van der Waals surface area contributed by atoms with Crippen LogP contribution in [0.3, 0.4) is 0 Å². The molecule has 108 valence electrons. The molecule has 0 bridgehead atoms. The molecule has 2 rings (SSSR count). The minimum absolute atomic E-state index is 0.621. The Morgan fingerprint density at radius 2 is 2.15 bits per heavy atom. The lowest BCUT2D eigenvalue weighted by atomic mass is 10.0. The normalized spacial score (nSPS) is 20.1. The zero-order chi connectivity index (χ0) is 14.2. The summed E-state index contributed by atoms with van der Waals surface area (Å²) < 4.78 is 5.72. The second-order valence-electron chi connectivity index (χ2n) is 5.69. The Morgan fingerprint density at radius 1 is 1.30 bits per heavy atom. The van der Waals surface area contributed by atoms with E-state index < -0.39 is 0 Å². The second-order valence-corrected chi connectivity index (χ2v) is 5.69. The Balaban J connectivity index is 1.70. The highest BCUT2D eigenvalue weighted by atomic mass is 16.5. The highest BCUT2D eigenvalue weighted by Crippen LogP contribution is 2.18. The topological polar surface area (TPSA) is 36.3 Å². The standard InChI is InChI=1S/C17H24N2O/c1-15-6-4-10-19(12-9-15)11-5-13-20-17-8-3-2-7-16(17)14-18/h2-3,7-8,15H,4-6,9-13H2,1H3. The van der Waals surface area contributed by atoms with E-state index in [0.29, 0.717) is 17.9 Å². The van der Waals surface area contributed by atoms with E-state index in [2.05, 4.69) is 17.9 Å². The molecule has 1 heterocycles. The number of para-hydroxylation sites is 1. The smallest absolute Gasteiger partial charge is 0.137 e. The molecule has 1 aliphatic heterocycles. The minimum atomic E-state index is 0.621. The molecular weight excluding hydrogens is 248 g/mol. The summed E-state index contributed by atoms with van der Waals surface area (Å²) in [5.74, 6) is 1.58. The van der Waals surface area contributed by atoms with Crippen LogP contribution in [0.25, 0.3) is 0 Å². The lowest BCUT2D eigenvalue weighted by Gasteiger charge is -2.19. The van der Waals surface area contributed by atoms with E-state index in [1.54, 1.807) is 6.07 Å². The summed E-state index contributed by atoms with van der Waals surface area (Å²) in [6.45, 7) is 6.58. The molecule has 1 aliphatic rings. The SMILES string of the molecule is CC1CCCN(CCCOc2ccccc2C#N)CC1. The fourth-order valence-corrected chi connectivity index (χ4v) is 2.70. The highest BCUT2D eigenvalue weighted by Gasteiger charge is 2.13. The Morgan fingerprint density at radius 3 is 3.00 bits per heavy atom. The number of hydrogen-bond donors (Lipinski definition) is 0. The van der Waals surface area contributed by atoms with Gasteiger partial charge in [-0.1, -0.05) is 19.1 Å². The first-order valence-electron chi connectivity index (χ1n) is 7.64. The summed E-state index contributed by atoms with van der Waals surface area (Å²) in [7, 11) is 0. The van der Waals surface area contributed by atoms with E-state index in [4.69, 9.17) is 10.00 Å². The van der Waals surface area contributed by atoms with Crippen molar-refractivity contribution in [3.05, 3.63) is 29.8 Å². The molecule has 0 N–H and O–H groups in total. The predicted molar refractivity (Wildman–Crippen MR) is 80.7 cm³/mol. The average molecular weight is 272 g/mol. The molecule has 0 radical (unpaired) electrons. The Hall–Kier alpha value is -1.53. The summed E-state index contributed by atoms with van der Waals surface area (Å²) in [6, 6.07) is 9.60. The second kappa shape index (κ2) is 7.91. The van der Waals surface area contributed by atoms with Crippen LogP contribution in [0.4, 0.5) is 0 Å². The molecule has 0 amide bonds. The molecule has 0 spiro atoms. The maximum absolute atomic E-state index is 9.00. The van der Waals surface area contributed by atoms with Gasteiger partial charge >= 0.3 is 0 Å². The van der Waals surface area contributed by atoms with Gasteiger partial charge in [0.1, 0.15) is 11.8 Å². The van der Waals surface area contributed by atoms with Crippen molar-refractivity contribution in [2.45, 2.75) is 32.6 Å². The molecule has 1 fully saturated rings. The molecule has 1 atom stereocenters. The van der Waals surface area contributed by atoms with E-state index in [1.165, 1.54) is 32.4 Å². The molecule has 0 aliphatic carbocycles. The van der Waals surface area contributed by atoms with Crippen molar-refractivity contribution in [3.63, 3.8) is 0 Å². The maximum atomic E-state index is 9.00. The molecule has 1 aromatic carbocycles. The van der Waals surface area contributed by atoms with Crippen molar-refractivity contribution in [1.29, 1.82) is 5.26 Å². The largest absolute Gasteiger partial charge is 0.492 e. The first kappa shape index (κ1) is 14.9. The van der Waals surface area contributed by atoms with Gasteiger partial charge in [0, 0.05) is 6.54 Å². The van der Waals surface area contributed by atoms with Gasteiger partial charge in [0.05, 0.1) is 12.2 Å². The van der Waals surface area contributed by atoms with Crippen molar-refractivity contribution in [2.24, 2.45) is 5.92 Å². The van der Waals surface area contributed by atoms with Gasteiger partial charge in [-0.05, 0) is 56.8 Å². The Bertz CT molecular complexity index is 453. The quantitative estimate of drug-likeness (QED) is 0.770. The van der Waals surface area contributed by atoms with E-state index >= 15 is 0 Å². The van der Waals surface area contributed by atoms with Gasteiger partial charge in [0.25, 0.3) is 0 Å². The van der Waals surface area contributed by atoms with Gasteiger partial charge in [0.15, 0.2) is 0 Å². The van der Waals surface area contributed by atoms with Crippen molar-refractivity contribution < 1.29 is 4.74 Å². The number of hydrogen-bond acceptors (Lipinski definition) is 3. The van der Waals surface area contributed by atoms with Crippen LogP contribution in [-0.4, -0.2) is 31.1 Å². The predicted octanol–water partition coefficient (Wildman–Crippen LogP) is 3.45. The van der Waals surface area contributed by atoms with Gasteiger partial charge in [-0.3, -0.25) is 0 Å². The third-order valence-corrected chi connectivity index (χ3v) is 3.99. The van der Waals surface area contributed by atoms with Crippen molar-refractivity contribution >= 4 is 0 Å². The van der Waals surface area contributed by atoms with Gasteiger partial charge in [-0.2, -0.15) is 5.26 Å². The first-order chi connectivity index (χ1) is 9.79. The zero-order valence-electron chi connectivity index (χ0n) is 12.3. The van der Waals surface area contributed by atoms with Gasteiger partial charge in [-0.15, -0.1) is 0 Å². The molecule has 0 saturated carbocycles. The number of nitrogens with zero attached hydrogens (tertiary/aromatic N) is 2. The molecule has 0 aromatic heterocycles. The summed E-state index contributed by atoms with van der Waals surface area (Å²) in [6.07, 6.45) is 5.02. The number of benzene rings is 1. The van der Waals surface area contributed by atoms with Crippen molar-refractivity contribution in [3.8, 4) is 11.8 Å². The monoisotopic (exact) mass is 272 g/mol. The van der Waals surface area contributed by atoms with E-state index in [9.17, 15) is 0 Å². The highest BCUT2D eigenvalue weighted by molar-refractivity contribution is 5.42. The number of rotatable bonds is 5. The number of nitriles is 1. The van der Waals surface area contributed by atoms with Crippen molar-refractivity contribution in [1.82, 2.24) is 4.90 Å². The van der Waals surface area contributed by atoms with Gasteiger partial charge in [0.2, 0.25) is 0 Å². The Kier molecular flexibility index (Phi) is 5.88. The molecule has 1 aromatic rings. The maximum Gasteiger partial charge on any atom is 0.137 e. The van der Waals surface area contributed by atoms with E-state index in [1.807, 2.05) is 18.2 Å². The fraction of sp³-hybridized carbons (Fsp3) is 0.588. The average Bonchev–Trinajstić information content (AvgIpc) is 2.69. The van der Waals surface area contributed by atoms with Crippen LogP contribution in [0, 0.1) is 17.2 Å². The van der Waals surface area contributed by atoms with Gasteiger partial charge < -0.3 is 9.64 Å². The summed E-state index contributed by atoms with van der Waals surface area (Å²) in [4.78, 5) is 2.54. The number of ether oxygens (including phenoxy) is 1. The third-order valence-electron chi connectivity index (χ3n) is 3.99. The molecule has 1 saturated heterocycles. The first-order valence-corrected chi connectivity index (χ1v) is 7.64. The Labute approximate surface area is 122 Å². The fourth-order valence-electron chi connectivity index (χ4n) is 2.70. The third kappa shape index (κ3) is 4.54. The van der Waals surface area contributed by atoms with Crippen LogP contribution in [0.1, 0.15) is 38.2 Å². The molecule has 3 nitrogen and oxygen atoms in total. The van der Waals surface area contributed by atoms with Crippen LogP contribution in [0.15, 0.2) is 24.3 Å². The van der Waals surface area contributed by atoms with E-state index in [0.717, 1.165) is 18.9 Å². The summed E-state index contributed by atoms with van der Waals surface area (Å²) >= 11 is 0. The summed E-state index contributed by atoms with van der Waals surface area (Å²) in [5.41, 5.74) is 0.621. The lowest BCUT2D eigenvalue weighted by molar-refractivity contribution is 0.238. The lowest BCUT2D eigenvalue weighted by Crippen LogP contribution is -2.27.